The van der Waals surface area contributed by atoms with E-state index in [1.165, 1.54) is 18.6 Å². The molecule has 2 aromatic rings. The van der Waals surface area contributed by atoms with Crippen LogP contribution in [0.25, 0.3) is 0 Å². The van der Waals surface area contributed by atoms with Crippen molar-refractivity contribution in [3.63, 3.8) is 0 Å². The summed E-state index contributed by atoms with van der Waals surface area (Å²) in [6, 6.07) is 7.04. The van der Waals surface area contributed by atoms with Gasteiger partial charge in [-0.3, -0.25) is 9.78 Å². The van der Waals surface area contributed by atoms with Crippen molar-refractivity contribution in [2.75, 3.05) is 11.9 Å². The van der Waals surface area contributed by atoms with Gasteiger partial charge in [0.05, 0.1) is 6.20 Å². The standard InChI is InChI=1S/C13H10BrN3O3/c14-9-1-3-10(4-2-9)17-12(18)8-20-13(19)11-7-15-5-6-16-11/h1-7H,8H2,(H,17,18). The molecule has 0 aliphatic rings. The smallest absolute Gasteiger partial charge is 0.359 e. The number of rotatable bonds is 4. The highest BCUT2D eigenvalue weighted by atomic mass is 79.9. The van der Waals surface area contributed by atoms with Crippen LogP contribution in [0.15, 0.2) is 47.3 Å². The Morgan fingerprint density at radius 1 is 1.20 bits per heavy atom. The van der Waals surface area contributed by atoms with Crippen molar-refractivity contribution in [3.05, 3.63) is 53.0 Å². The lowest BCUT2D eigenvalue weighted by Gasteiger charge is -2.06. The molecular weight excluding hydrogens is 326 g/mol. The minimum Gasteiger partial charge on any atom is -0.451 e. The van der Waals surface area contributed by atoms with Crippen LogP contribution in [0.3, 0.4) is 0 Å². The Hall–Kier alpha value is -2.28. The van der Waals surface area contributed by atoms with Gasteiger partial charge < -0.3 is 10.1 Å². The number of anilines is 1. The quantitative estimate of drug-likeness (QED) is 0.864. The molecule has 0 atom stereocenters. The van der Waals surface area contributed by atoms with E-state index in [4.69, 9.17) is 4.74 Å². The first-order chi connectivity index (χ1) is 9.65. The Bertz CT molecular complexity index is 602. The first-order valence-electron chi connectivity index (χ1n) is 5.64. The number of amides is 1. The van der Waals surface area contributed by atoms with Gasteiger partial charge in [0.25, 0.3) is 5.91 Å². The maximum Gasteiger partial charge on any atom is 0.359 e. The third kappa shape index (κ3) is 4.13. The summed E-state index contributed by atoms with van der Waals surface area (Å²) in [5, 5.41) is 2.60. The predicted octanol–water partition coefficient (Wildman–Crippen LogP) is 2.03. The van der Waals surface area contributed by atoms with Gasteiger partial charge in [0.2, 0.25) is 0 Å². The topological polar surface area (TPSA) is 81.2 Å². The number of carbonyl (C=O) groups is 2. The number of nitrogens with one attached hydrogen (secondary N) is 1. The van der Waals surface area contributed by atoms with Crippen LogP contribution in [0.5, 0.6) is 0 Å². The third-order valence-corrected chi connectivity index (χ3v) is 2.76. The summed E-state index contributed by atoms with van der Waals surface area (Å²) in [5.74, 6) is -1.12. The minimum absolute atomic E-state index is 0.0592. The van der Waals surface area contributed by atoms with Crippen molar-refractivity contribution in [1.82, 2.24) is 9.97 Å². The summed E-state index contributed by atoms with van der Waals surface area (Å²) >= 11 is 3.29. The maximum absolute atomic E-state index is 11.6. The van der Waals surface area contributed by atoms with Crippen molar-refractivity contribution in [1.29, 1.82) is 0 Å². The molecule has 2 rings (SSSR count). The van der Waals surface area contributed by atoms with E-state index in [0.717, 1.165) is 4.47 Å². The molecule has 102 valence electrons. The van der Waals surface area contributed by atoms with Crippen molar-refractivity contribution in [2.45, 2.75) is 0 Å². The molecular formula is C13H10BrN3O3. The second-order valence-corrected chi connectivity index (χ2v) is 4.64. The number of benzene rings is 1. The van der Waals surface area contributed by atoms with Crippen LogP contribution in [0.4, 0.5) is 5.69 Å². The molecule has 20 heavy (non-hydrogen) atoms. The van der Waals surface area contributed by atoms with E-state index in [0.29, 0.717) is 5.69 Å². The minimum atomic E-state index is -0.691. The van der Waals surface area contributed by atoms with E-state index in [2.05, 4.69) is 31.2 Å². The van der Waals surface area contributed by atoms with Gasteiger partial charge in [-0.1, -0.05) is 15.9 Å². The number of aromatic nitrogens is 2. The highest BCUT2D eigenvalue weighted by Crippen LogP contribution is 2.13. The Morgan fingerprint density at radius 3 is 2.60 bits per heavy atom. The molecule has 1 aromatic heterocycles. The van der Waals surface area contributed by atoms with Crippen molar-refractivity contribution in [2.24, 2.45) is 0 Å². The monoisotopic (exact) mass is 335 g/mol. The van der Waals surface area contributed by atoms with Crippen LogP contribution in [-0.4, -0.2) is 28.5 Å². The van der Waals surface area contributed by atoms with Crippen LogP contribution in [0.2, 0.25) is 0 Å². The fourth-order valence-electron chi connectivity index (χ4n) is 1.34. The van der Waals surface area contributed by atoms with Gasteiger partial charge in [-0.15, -0.1) is 0 Å². The number of ether oxygens (including phenoxy) is 1. The number of carbonyl (C=O) groups excluding carboxylic acids is 2. The van der Waals surface area contributed by atoms with Gasteiger partial charge in [0.1, 0.15) is 0 Å². The van der Waals surface area contributed by atoms with Crippen LogP contribution in [0.1, 0.15) is 10.5 Å². The second kappa shape index (κ2) is 6.76. The van der Waals surface area contributed by atoms with E-state index in [9.17, 15) is 9.59 Å². The lowest BCUT2D eigenvalue weighted by molar-refractivity contribution is -0.119. The SMILES string of the molecule is O=C(COC(=O)c1cnccn1)Nc1ccc(Br)cc1. The molecule has 0 radical (unpaired) electrons. The van der Waals surface area contributed by atoms with Crippen molar-refractivity contribution >= 4 is 33.5 Å². The van der Waals surface area contributed by atoms with E-state index in [1.54, 1.807) is 24.3 Å². The predicted molar refractivity (Wildman–Crippen MR) is 75.1 cm³/mol. The van der Waals surface area contributed by atoms with Crippen LogP contribution in [-0.2, 0) is 9.53 Å². The average Bonchev–Trinajstić information content (AvgIpc) is 2.48. The molecule has 1 heterocycles. The maximum atomic E-state index is 11.6. The first kappa shape index (κ1) is 14.1. The van der Waals surface area contributed by atoms with Crippen molar-refractivity contribution in [3.8, 4) is 0 Å². The average molecular weight is 336 g/mol. The molecule has 0 bridgehead atoms. The number of nitrogens with zero attached hydrogens (tertiary/aromatic N) is 2. The lowest BCUT2D eigenvalue weighted by Crippen LogP contribution is -2.21. The lowest BCUT2D eigenvalue weighted by atomic mass is 10.3. The molecule has 6 nitrogen and oxygen atoms in total. The molecule has 0 aliphatic heterocycles. The van der Waals surface area contributed by atoms with E-state index in [1.807, 2.05) is 0 Å². The third-order valence-electron chi connectivity index (χ3n) is 2.23. The highest BCUT2D eigenvalue weighted by Gasteiger charge is 2.11. The number of hydrogen-bond acceptors (Lipinski definition) is 5. The normalized spacial score (nSPS) is 9.85. The van der Waals surface area contributed by atoms with Crippen LogP contribution >= 0.6 is 15.9 Å². The molecule has 1 aromatic carbocycles. The van der Waals surface area contributed by atoms with E-state index in [-0.39, 0.29) is 12.3 Å². The summed E-state index contributed by atoms with van der Waals surface area (Å²) in [7, 11) is 0. The zero-order valence-electron chi connectivity index (χ0n) is 10.2. The highest BCUT2D eigenvalue weighted by molar-refractivity contribution is 9.10. The van der Waals surface area contributed by atoms with Gasteiger partial charge in [-0.2, -0.15) is 0 Å². The summed E-state index contributed by atoms with van der Waals surface area (Å²) in [4.78, 5) is 30.6. The Morgan fingerprint density at radius 2 is 1.95 bits per heavy atom. The molecule has 1 N–H and O–H groups in total. The molecule has 0 spiro atoms. The Balaban J connectivity index is 1.83. The van der Waals surface area contributed by atoms with Crippen molar-refractivity contribution < 1.29 is 14.3 Å². The van der Waals surface area contributed by atoms with Gasteiger partial charge in [-0.05, 0) is 24.3 Å². The molecule has 0 aliphatic carbocycles. The van der Waals surface area contributed by atoms with Gasteiger partial charge >= 0.3 is 5.97 Å². The largest absolute Gasteiger partial charge is 0.451 e. The van der Waals surface area contributed by atoms with Gasteiger partial charge in [0, 0.05) is 22.6 Å². The molecule has 1 amide bonds. The van der Waals surface area contributed by atoms with E-state index < -0.39 is 11.9 Å². The second-order valence-electron chi connectivity index (χ2n) is 3.72. The van der Waals surface area contributed by atoms with E-state index >= 15 is 0 Å². The fourth-order valence-corrected chi connectivity index (χ4v) is 1.60. The zero-order chi connectivity index (χ0) is 14.4. The number of esters is 1. The number of hydrogen-bond donors (Lipinski definition) is 1. The Labute approximate surface area is 123 Å². The molecule has 0 fully saturated rings. The van der Waals surface area contributed by atoms with Crippen LogP contribution in [0, 0.1) is 0 Å². The summed E-state index contributed by atoms with van der Waals surface area (Å²) < 4.78 is 5.73. The van der Waals surface area contributed by atoms with Gasteiger partial charge in [-0.25, -0.2) is 9.78 Å². The summed E-state index contributed by atoms with van der Waals surface area (Å²) in [6.45, 7) is -0.383. The molecule has 0 unspecified atom stereocenters. The zero-order valence-corrected chi connectivity index (χ0v) is 11.8. The first-order valence-corrected chi connectivity index (χ1v) is 6.43. The Kier molecular flexibility index (Phi) is 4.78. The molecule has 7 heteroatoms. The number of halogens is 1. The van der Waals surface area contributed by atoms with Gasteiger partial charge in [0.15, 0.2) is 12.3 Å². The molecule has 0 saturated heterocycles. The van der Waals surface area contributed by atoms with Crippen LogP contribution < -0.4 is 5.32 Å². The summed E-state index contributed by atoms with van der Waals surface area (Å²) in [6.07, 6.45) is 4.09. The fraction of sp³-hybridized carbons (Fsp3) is 0.0769. The summed E-state index contributed by atoms with van der Waals surface area (Å²) in [5.41, 5.74) is 0.678. The molecule has 0 saturated carbocycles.